The lowest BCUT2D eigenvalue weighted by Crippen LogP contribution is -2.62. The highest BCUT2D eigenvalue weighted by molar-refractivity contribution is 6.06. The van der Waals surface area contributed by atoms with E-state index in [4.69, 9.17) is 20.6 Å². The molecule has 8 N–H and O–H groups in total. The topological polar surface area (TPSA) is 204 Å². The third kappa shape index (κ3) is 9.49. The maximum absolute atomic E-state index is 14.8. The molecule has 2 aromatic carbocycles. The van der Waals surface area contributed by atoms with E-state index in [0.717, 1.165) is 44.2 Å². The first-order valence-corrected chi connectivity index (χ1v) is 21.0. The number of hydrogen-bond donors (Lipinski definition) is 7. The SMILES string of the molecule is CC(=Cc1cc(F)c(Oc2ccc(CC(=O)NCCOC3CCC4(C)C(C3)CC(O)C3C4CC(O)C4(C)C(C(C)CCC(=O)O)CCC34)cc2)c(F)c1)C(=O)NC(=N)N. The van der Waals surface area contributed by atoms with Crippen LogP contribution in [0.3, 0.4) is 0 Å². The molecule has 6 rings (SSSR count). The molecule has 0 heterocycles. The van der Waals surface area contributed by atoms with Gasteiger partial charge in [-0.05, 0) is 146 Å². The van der Waals surface area contributed by atoms with Crippen molar-refractivity contribution in [1.82, 2.24) is 10.6 Å². The van der Waals surface area contributed by atoms with Crippen molar-refractivity contribution in [1.29, 1.82) is 5.41 Å². The summed E-state index contributed by atoms with van der Waals surface area (Å²) in [6.45, 7) is 8.77. The number of carbonyl (C=O) groups is 3. The maximum Gasteiger partial charge on any atom is 0.303 e. The largest absolute Gasteiger partial charge is 0.481 e. The van der Waals surface area contributed by atoms with Crippen LogP contribution in [0.5, 0.6) is 11.5 Å². The summed E-state index contributed by atoms with van der Waals surface area (Å²) in [5.41, 5.74) is 5.65. The summed E-state index contributed by atoms with van der Waals surface area (Å²) in [5, 5.41) is 45.0. The Balaban J connectivity index is 0.953. The quantitative estimate of drug-likeness (QED) is 0.0493. The Bertz CT molecular complexity index is 1900. The van der Waals surface area contributed by atoms with E-state index in [-0.39, 0.29) is 88.1 Å². The molecule has 12 nitrogen and oxygen atoms in total. The molecule has 322 valence electrons. The zero-order valence-electron chi connectivity index (χ0n) is 34.4. The molecule has 59 heavy (non-hydrogen) atoms. The van der Waals surface area contributed by atoms with E-state index in [2.05, 4.69) is 31.4 Å². The first-order valence-electron chi connectivity index (χ1n) is 21.0. The smallest absolute Gasteiger partial charge is 0.303 e. The number of carboxylic acid groups (broad SMARTS) is 1. The first-order chi connectivity index (χ1) is 27.9. The van der Waals surface area contributed by atoms with Gasteiger partial charge in [-0.1, -0.05) is 32.9 Å². The predicted octanol–water partition coefficient (Wildman–Crippen LogP) is 6.32. The lowest BCUT2D eigenvalue weighted by atomic mass is 9.43. The van der Waals surface area contributed by atoms with Crippen molar-refractivity contribution in [3.8, 4) is 11.5 Å². The Kier molecular flexibility index (Phi) is 13.5. The summed E-state index contributed by atoms with van der Waals surface area (Å²) in [7, 11) is 0. The van der Waals surface area contributed by atoms with Crippen LogP contribution in [-0.2, 0) is 25.5 Å². The maximum atomic E-state index is 14.8. The number of benzene rings is 2. The van der Waals surface area contributed by atoms with E-state index >= 15 is 0 Å². The number of rotatable bonds is 14. The number of carbonyl (C=O) groups excluding carboxylic acids is 2. The van der Waals surface area contributed by atoms with Crippen molar-refractivity contribution in [2.24, 2.45) is 52.1 Å². The van der Waals surface area contributed by atoms with Crippen LogP contribution < -0.4 is 21.1 Å². The van der Waals surface area contributed by atoms with E-state index < -0.39 is 47.4 Å². The van der Waals surface area contributed by atoms with E-state index in [9.17, 15) is 38.5 Å². The van der Waals surface area contributed by atoms with Gasteiger partial charge in [0.1, 0.15) is 5.75 Å². The summed E-state index contributed by atoms with van der Waals surface area (Å²) in [5.74, 6) is -3.41. The molecule has 4 aliphatic carbocycles. The van der Waals surface area contributed by atoms with Gasteiger partial charge >= 0.3 is 5.97 Å². The number of aliphatic hydroxyl groups excluding tert-OH is 2. The van der Waals surface area contributed by atoms with Gasteiger partial charge < -0.3 is 35.8 Å². The van der Waals surface area contributed by atoms with Gasteiger partial charge in [0.05, 0.1) is 31.3 Å². The third-order valence-corrected chi connectivity index (χ3v) is 14.6. The minimum atomic E-state index is -0.980. The molecule has 4 aliphatic rings. The van der Waals surface area contributed by atoms with Gasteiger partial charge in [-0.3, -0.25) is 25.1 Å². The molecule has 0 bridgehead atoms. The summed E-state index contributed by atoms with van der Waals surface area (Å²) < 4.78 is 41.4. The van der Waals surface area contributed by atoms with Gasteiger partial charge in [-0.2, -0.15) is 0 Å². The van der Waals surface area contributed by atoms with Crippen LogP contribution in [0.2, 0.25) is 0 Å². The number of nitrogens with two attached hydrogens (primary N) is 1. The van der Waals surface area contributed by atoms with Crippen LogP contribution >= 0.6 is 0 Å². The van der Waals surface area contributed by atoms with Crippen LogP contribution in [0.15, 0.2) is 42.0 Å². The summed E-state index contributed by atoms with van der Waals surface area (Å²) in [6, 6.07) is 8.33. The van der Waals surface area contributed by atoms with Gasteiger partial charge in [0, 0.05) is 18.5 Å². The molecule has 0 aliphatic heterocycles. The van der Waals surface area contributed by atoms with Crippen molar-refractivity contribution in [3.63, 3.8) is 0 Å². The fraction of sp³-hybridized carbons (Fsp3) is 0.600. The van der Waals surface area contributed by atoms with Crippen molar-refractivity contribution in [3.05, 3.63) is 64.7 Å². The summed E-state index contributed by atoms with van der Waals surface area (Å²) >= 11 is 0. The van der Waals surface area contributed by atoms with Crippen LogP contribution in [0.4, 0.5) is 8.78 Å². The average Bonchev–Trinajstić information content (AvgIpc) is 3.53. The normalized spacial score (nSPS) is 31.9. The molecule has 11 unspecified atom stereocenters. The number of nitrogens with one attached hydrogen (secondary N) is 3. The number of halogens is 2. The number of hydrogen-bond acceptors (Lipinski definition) is 8. The summed E-state index contributed by atoms with van der Waals surface area (Å²) in [6.07, 6.45) is 7.06. The molecule has 4 saturated carbocycles. The Labute approximate surface area is 344 Å². The van der Waals surface area contributed by atoms with E-state index in [1.807, 2.05) is 0 Å². The molecule has 2 aromatic rings. The number of carboxylic acids is 1. The fourth-order valence-electron chi connectivity index (χ4n) is 11.6. The lowest BCUT2D eigenvalue weighted by Gasteiger charge is -2.63. The molecular formula is C45H60F2N4O8. The molecule has 14 heteroatoms. The van der Waals surface area contributed by atoms with E-state index in [0.29, 0.717) is 38.0 Å². The molecule has 0 spiro atoms. The molecule has 4 fully saturated rings. The van der Waals surface area contributed by atoms with Gasteiger partial charge in [0.15, 0.2) is 23.3 Å². The van der Waals surface area contributed by atoms with Crippen LogP contribution in [-0.4, -0.2) is 70.5 Å². The Morgan fingerprint density at radius 1 is 1.03 bits per heavy atom. The Hall–Kier alpha value is -4.40. The third-order valence-electron chi connectivity index (χ3n) is 14.6. The number of aliphatic carboxylic acids is 1. The second kappa shape index (κ2) is 18.1. The fourth-order valence-corrected chi connectivity index (χ4v) is 11.6. The highest BCUT2D eigenvalue weighted by Crippen LogP contribution is 2.68. The van der Waals surface area contributed by atoms with Gasteiger partial charge in [-0.15, -0.1) is 0 Å². The second-order valence-electron chi connectivity index (χ2n) is 18.1. The van der Waals surface area contributed by atoms with Crippen molar-refractivity contribution in [2.45, 2.75) is 110 Å². The molecule has 0 radical (unpaired) electrons. The average molecular weight is 823 g/mol. The Morgan fingerprint density at radius 3 is 2.39 bits per heavy atom. The zero-order valence-corrected chi connectivity index (χ0v) is 34.4. The zero-order chi connectivity index (χ0) is 42.8. The highest BCUT2D eigenvalue weighted by atomic mass is 19.1. The van der Waals surface area contributed by atoms with Crippen LogP contribution in [0.25, 0.3) is 6.08 Å². The Morgan fingerprint density at radius 2 is 1.73 bits per heavy atom. The minimum Gasteiger partial charge on any atom is -0.481 e. The standard InChI is InChI=1S/C45H60F2N4O8/c1-24(5-12-39(55)56)31-10-11-32-40-33(23-37(53)45(31,32)4)44(3)14-13-30(21-28(44)22-36(40)52)58-16-15-50-38(54)20-26-6-8-29(9-7-26)59-41-34(46)18-27(19-35(41)47)17-25(2)42(57)51-43(48)49/h6-9,17-19,24,28,30-33,36-37,40,52-53H,5,10-16,20-23H2,1-4H3,(H,50,54)(H,55,56)(H4,48,49,51,57). The van der Waals surface area contributed by atoms with Crippen molar-refractivity contribution >= 4 is 29.8 Å². The summed E-state index contributed by atoms with van der Waals surface area (Å²) in [4.78, 5) is 36.0. The van der Waals surface area contributed by atoms with Gasteiger partial charge in [0.2, 0.25) is 5.91 Å². The highest BCUT2D eigenvalue weighted by Gasteiger charge is 2.65. The number of aliphatic hydroxyl groups is 2. The van der Waals surface area contributed by atoms with Crippen molar-refractivity contribution in [2.75, 3.05) is 13.2 Å². The molecular weight excluding hydrogens is 763 g/mol. The van der Waals surface area contributed by atoms with Crippen LogP contribution in [0, 0.1) is 63.4 Å². The van der Waals surface area contributed by atoms with Gasteiger partial charge in [-0.25, -0.2) is 8.78 Å². The molecule has 11 atom stereocenters. The number of fused-ring (bicyclic) bond motifs is 5. The number of amides is 2. The minimum absolute atomic E-state index is 0.0108. The molecule has 2 amide bonds. The molecule has 0 aromatic heterocycles. The van der Waals surface area contributed by atoms with Crippen molar-refractivity contribution < 1.29 is 48.0 Å². The van der Waals surface area contributed by atoms with E-state index in [1.54, 1.807) is 12.1 Å². The molecule has 0 saturated heterocycles. The van der Waals surface area contributed by atoms with Crippen LogP contribution in [0.1, 0.15) is 96.6 Å². The number of ether oxygens (including phenoxy) is 2. The lowest BCUT2D eigenvalue weighted by molar-refractivity contribution is -0.209. The predicted molar refractivity (Wildman–Crippen MR) is 217 cm³/mol. The van der Waals surface area contributed by atoms with E-state index in [1.165, 1.54) is 25.1 Å². The monoisotopic (exact) mass is 822 g/mol. The first kappa shape index (κ1) is 44.2. The second-order valence-corrected chi connectivity index (χ2v) is 18.1. The number of guanidine groups is 1. The van der Waals surface area contributed by atoms with Gasteiger partial charge in [0.25, 0.3) is 5.91 Å².